The van der Waals surface area contributed by atoms with E-state index in [1.54, 1.807) is 17.5 Å². The molecule has 0 saturated carbocycles. The standard InChI is InChI=1S/C17H17N3S/c1-13-5-3-7-15(9-13)20(2)11-17-19-16(12-21-17)14-6-4-8-18-10-14/h3-10,12H,11H2,1-2H3. The fraction of sp³-hybridized carbons (Fsp3) is 0.176. The quantitative estimate of drug-likeness (QED) is 0.724. The number of pyridine rings is 1. The zero-order chi connectivity index (χ0) is 14.7. The maximum atomic E-state index is 4.71. The van der Waals surface area contributed by atoms with Crippen molar-refractivity contribution in [3.63, 3.8) is 0 Å². The maximum absolute atomic E-state index is 4.71. The molecule has 0 amide bonds. The molecule has 0 unspecified atom stereocenters. The number of benzene rings is 1. The molecule has 106 valence electrons. The van der Waals surface area contributed by atoms with Crippen molar-refractivity contribution in [1.82, 2.24) is 9.97 Å². The molecule has 3 rings (SSSR count). The Morgan fingerprint density at radius 2 is 2.10 bits per heavy atom. The third-order valence-corrected chi connectivity index (χ3v) is 4.16. The van der Waals surface area contributed by atoms with Gasteiger partial charge in [-0.3, -0.25) is 4.98 Å². The lowest BCUT2D eigenvalue weighted by molar-refractivity contribution is 0.910. The second kappa shape index (κ2) is 6.06. The molecule has 0 aliphatic rings. The molecular formula is C17H17N3S. The molecule has 0 atom stereocenters. The van der Waals surface area contributed by atoms with Crippen molar-refractivity contribution in [1.29, 1.82) is 0 Å². The van der Waals surface area contributed by atoms with Crippen molar-refractivity contribution in [3.8, 4) is 11.3 Å². The normalized spacial score (nSPS) is 10.6. The van der Waals surface area contributed by atoms with Crippen LogP contribution in [0.4, 0.5) is 5.69 Å². The molecule has 2 heterocycles. The monoisotopic (exact) mass is 295 g/mol. The van der Waals surface area contributed by atoms with Crippen LogP contribution in [-0.4, -0.2) is 17.0 Å². The fourth-order valence-corrected chi connectivity index (χ4v) is 3.05. The molecule has 0 radical (unpaired) electrons. The zero-order valence-electron chi connectivity index (χ0n) is 12.2. The Labute approximate surface area is 128 Å². The van der Waals surface area contributed by atoms with Gasteiger partial charge in [-0.25, -0.2) is 4.98 Å². The molecule has 2 aromatic heterocycles. The molecule has 0 aliphatic carbocycles. The van der Waals surface area contributed by atoms with E-state index in [1.165, 1.54) is 11.3 Å². The Morgan fingerprint density at radius 3 is 2.86 bits per heavy atom. The van der Waals surface area contributed by atoms with Gasteiger partial charge in [0.05, 0.1) is 12.2 Å². The molecule has 0 N–H and O–H groups in total. The van der Waals surface area contributed by atoms with Crippen molar-refractivity contribution in [2.75, 3.05) is 11.9 Å². The van der Waals surface area contributed by atoms with Crippen LogP contribution in [0.25, 0.3) is 11.3 Å². The number of aromatic nitrogens is 2. The van der Waals surface area contributed by atoms with Crippen molar-refractivity contribution in [2.45, 2.75) is 13.5 Å². The summed E-state index contributed by atoms with van der Waals surface area (Å²) in [6, 6.07) is 12.5. The summed E-state index contributed by atoms with van der Waals surface area (Å²) in [5.41, 5.74) is 4.56. The number of hydrogen-bond donors (Lipinski definition) is 0. The molecule has 0 aliphatic heterocycles. The lowest BCUT2D eigenvalue weighted by Crippen LogP contribution is -2.16. The fourth-order valence-electron chi connectivity index (χ4n) is 2.19. The lowest BCUT2D eigenvalue weighted by Gasteiger charge is -2.18. The Kier molecular flexibility index (Phi) is 3.97. The summed E-state index contributed by atoms with van der Waals surface area (Å²) >= 11 is 1.69. The molecule has 3 aromatic rings. The molecule has 4 heteroatoms. The summed E-state index contributed by atoms with van der Waals surface area (Å²) in [7, 11) is 2.10. The minimum Gasteiger partial charge on any atom is -0.368 e. The highest BCUT2D eigenvalue weighted by Gasteiger charge is 2.08. The van der Waals surface area contributed by atoms with Gasteiger partial charge in [-0.05, 0) is 36.8 Å². The number of aryl methyl sites for hydroxylation is 1. The smallest absolute Gasteiger partial charge is 0.113 e. The number of anilines is 1. The van der Waals surface area contributed by atoms with E-state index in [2.05, 4.69) is 53.5 Å². The van der Waals surface area contributed by atoms with Crippen molar-refractivity contribution < 1.29 is 0 Å². The molecule has 0 spiro atoms. The van der Waals surface area contributed by atoms with Crippen LogP contribution >= 0.6 is 11.3 Å². The first-order chi connectivity index (χ1) is 10.2. The minimum absolute atomic E-state index is 0.814. The average Bonchev–Trinajstić information content (AvgIpc) is 2.97. The van der Waals surface area contributed by atoms with E-state index >= 15 is 0 Å². The topological polar surface area (TPSA) is 29.0 Å². The second-order valence-electron chi connectivity index (χ2n) is 5.06. The number of rotatable bonds is 4. The van der Waals surface area contributed by atoms with Crippen LogP contribution < -0.4 is 4.90 Å². The second-order valence-corrected chi connectivity index (χ2v) is 6.01. The van der Waals surface area contributed by atoms with E-state index in [9.17, 15) is 0 Å². The molecule has 3 nitrogen and oxygen atoms in total. The van der Waals surface area contributed by atoms with E-state index in [0.717, 1.165) is 22.8 Å². The van der Waals surface area contributed by atoms with Crippen molar-refractivity contribution in [2.24, 2.45) is 0 Å². The van der Waals surface area contributed by atoms with E-state index in [-0.39, 0.29) is 0 Å². The van der Waals surface area contributed by atoms with Gasteiger partial charge in [0, 0.05) is 36.1 Å². The minimum atomic E-state index is 0.814. The molecular weight excluding hydrogens is 278 g/mol. The first-order valence-corrected chi connectivity index (χ1v) is 7.73. The molecule has 0 fully saturated rings. The Balaban J connectivity index is 1.75. The third-order valence-electron chi connectivity index (χ3n) is 3.32. The van der Waals surface area contributed by atoms with E-state index < -0.39 is 0 Å². The number of hydrogen-bond acceptors (Lipinski definition) is 4. The Morgan fingerprint density at radius 1 is 1.19 bits per heavy atom. The maximum Gasteiger partial charge on any atom is 0.113 e. The molecule has 0 saturated heterocycles. The Bertz CT molecular complexity index is 722. The van der Waals surface area contributed by atoms with Gasteiger partial charge in [-0.1, -0.05) is 12.1 Å². The predicted octanol–water partition coefficient (Wildman–Crippen LogP) is 4.15. The summed E-state index contributed by atoms with van der Waals surface area (Å²) in [5.74, 6) is 0. The SMILES string of the molecule is Cc1cccc(N(C)Cc2nc(-c3cccnc3)cs2)c1. The van der Waals surface area contributed by atoms with Gasteiger partial charge in [0.2, 0.25) is 0 Å². The van der Waals surface area contributed by atoms with Crippen LogP contribution in [-0.2, 0) is 6.54 Å². The summed E-state index contributed by atoms with van der Waals surface area (Å²) in [4.78, 5) is 11.1. The summed E-state index contributed by atoms with van der Waals surface area (Å²) in [6.45, 7) is 2.93. The first kappa shape index (κ1) is 13.8. The highest BCUT2D eigenvalue weighted by Crippen LogP contribution is 2.23. The lowest BCUT2D eigenvalue weighted by atomic mass is 10.2. The van der Waals surface area contributed by atoms with E-state index in [4.69, 9.17) is 4.98 Å². The average molecular weight is 295 g/mol. The van der Waals surface area contributed by atoms with Crippen LogP contribution in [0.1, 0.15) is 10.6 Å². The van der Waals surface area contributed by atoms with Crippen LogP contribution in [0.2, 0.25) is 0 Å². The Hall–Kier alpha value is -2.20. The first-order valence-electron chi connectivity index (χ1n) is 6.85. The molecule has 0 bridgehead atoms. The molecule has 21 heavy (non-hydrogen) atoms. The van der Waals surface area contributed by atoms with Crippen LogP contribution in [0.3, 0.4) is 0 Å². The predicted molar refractivity (Wildman–Crippen MR) is 88.6 cm³/mol. The van der Waals surface area contributed by atoms with E-state index in [0.29, 0.717) is 0 Å². The van der Waals surface area contributed by atoms with Gasteiger partial charge in [0.25, 0.3) is 0 Å². The number of thiazole rings is 1. The van der Waals surface area contributed by atoms with Crippen LogP contribution in [0, 0.1) is 6.92 Å². The zero-order valence-corrected chi connectivity index (χ0v) is 13.0. The summed E-state index contributed by atoms with van der Waals surface area (Å²) < 4.78 is 0. The van der Waals surface area contributed by atoms with Gasteiger partial charge < -0.3 is 4.90 Å². The third kappa shape index (κ3) is 3.28. The van der Waals surface area contributed by atoms with Gasteiger partial charge in [-0.2, -0.15) is 0 Å². The van der Waals surface area contributed by atoms with Crippen molar-refractivity contribution >= 4 is 17.0 Å². The van der Waals surface area contributed by atoms with Crippen LogP contribution in [0.15, 0.2) is 54.2 Å². The summed E-state index contributed by atoms with van der Waals surface area (Å²) in [6.07, 6.45) is 3.63. The number of nitrogens with zero attached hydrogens (tertiary/aromatic N) is 3. The van der Waals surface area contributed by atoms with Crippen molar-refractivity contribution in [3.05, 3.63) is 64.7 Å². The van der Waals surface area contributed by atoms with Crippen LogP contribution in [0.5, 0.6) is 0 Å². The van der Waals surface area contributed by atoms with Gasteiger partial charge in [0.15, 0.2) is 0 Å². The van der Waals surface area contributed by atoms with Gasteiger partial charge in [-0.15, -0.1) is 11.3 Å². The summed E-state index contributed by atoms with van der Waals surface area (Å²) in [5, 5.41) is 3.20. The van der Waals surface area contributed by atoms with Gasteiger partial charge >= 0.3 is 0 Å². The highest BCUT2D eigenvalue weighted by molar-refractivity contribution is 7.09. The van der Waals surface area contributed by atoms with Gasteiger partial charge in [0.1, 0.15) is 5.01 Å². The van der Waals surface area contributed by atoms with E-state index in [1.807, 2.05) is 18.3 Å². The largest absolute Gasteiger partial charge is 0.368 e. The highest BCUT2D eigenvalue weighted by atomic mass is 32.1. The molecule has 1 aromatic carbocycles.